The van der Waals surface area contributed by atoms with Gasteiger partial charge in [0.15, 0.2) is 21.5 Å². The number of piperidine rings is 1. The normalized spacial score (nSPS) is 18.9. The van der Waals surface area contributed by atoms with Crippen LogP contribution in [0, 0.1) is 13.8 Å². The second-order valence-electron chi connectivity index (χ2n) is 9.31. The minimum Gasteiger partial charge on any atom is -0.324 e. The maximum atomic E-state index is 11.5. The molecule has 3 aromatic rings. The number of halogens is 2. The van der Waals surface area contributed by atoms with E-state index in [2.05, 4.69) is 41.8 Å². The van der Waals surface area contributed by atoms with Crippen LogP contribution in [0.15, 0.2) is 24.4 Å². The molecule has 0 amide bonds. The predicted octanol–water partition coefficient (Wildman–Crippen LogP) is 4.59. The molecular weight excluding hydrogens is 509 g/mol. The Labute approximate surface area is 214 Å². The highest BCUT2D eigenvalue weighted by Crippen LogP contribution is 2.37. The lowest BCUT2D eigenvalue weighted by Crippen LogP contribution is -2.55. The number of aromatic amines is 1. The Bertz CT molecular complexity index is 1340. The maximum Gasteiger partial charge on any atom is 0.229 e. The summed E-state index contributed by atoms with van der Waals surface area (Å²) in [7, 11) is -2.80. The van der Waals surface area contributed by atoms with E-state index in [1.807, 2.05) is 26.0 Å². The van der Waals surface area contributed by atoms with Crippen LogP contribution < -0.4 is 10.6 Å². The Kier molecular flexibility index (Phi) is 6.65. The molecule has 2 fully saturated rings. The molecule has 4 heterocycles. The minimum atomic E-state index is -2.80. The topological polar surface area (TPSA) is 116 Å². The summed E-state index contributed by atoms with van der Waals surface area (Å²) >= 11 is 13.0. The highest BCUT2D eigenvalue weighted by Gasteiger charge is 2.39. The van der Waals surface area contributed by atoms with Crippen molar-refractivity contribution in [3.05, 3.63) is 51.3 Å². The number of hydrogen-bond acceptors (Lipinski definition) is 8. The van der Waals surface area contributed by atoms with Gasteiger partial charge in [-0.2, -0.15) is 10.1 Å². The Morgan fingerprint density at radius 1 is 1.06 bits per heavy atom. The van der Waals surface area contributed by atoms with E-state index in [4.69, 9.17) is 23.2 Å². The summed E-state index contributed by atoms with van der Waals surface area (Å²) in [5.41, 5.74) is 3.90. The molecule has 2 aliphatic rings. The quantitative estimate of drug-likeness (QED) is 0.419. The first-order chi connectivity index (χ1) is 16.7. The lowest BCUT2D eigenvalue weighted by atomic mass is 9.88. The third-order valence-electron chi connectivity index (χ3n) is 6.67. The summed E-state index contributed by atoms with van der Waals surface area (Å²) in [5, 5.41) is 14.4. The smallest absolute Gasteiger partial charge is 0.229 e. The summed E-state index contributed by atoms with van der Waals surface area (Å²) < 4.78 is 23.0. The van der Waals surface area contributed by atoms with Gasteiger partial charge in [-0.3, -0.25) is 10.00 Å². The zero-order chi connectivity index (χ0) is 24.7. The second kappa shape index (κ2) is 9.57. The number of nitrogens with one attached hydrogen (secondary N) is 3. The molecule has 0 unspecified atom stereocenters. The molecule has 5 rings (SSSR count). The molecule has 0 saturated carbocycles. The Balaban J connectivity index is 1.27. The molecule has 1 aromatic carbocycles. The Morgan fingerprint density at radius 3 is 2.46 bits per heavy atom. The fourth-order valence-electron chi connectivity index (χ4n) is 4.71. The van der Waals surface area contributed by atoms with Gasteiger partial charge in [-0.1, -0.05) is 29.3 Å². The third kappa shape index (κ3) is 5.40. The number of H-pyrrole nitrogens is 1. The highest BCUT2D eigenvalue weighted by molar-refractivity contribution is 7.92. The van der Waals surface area contributed by atoms with Crippen molar-refractivity contribution in [2.24, 2.45) is 0 Å². The van der Waals surface area contributed by atoms with Gasteiger partial charge in [-0.05, 0) is 62.9 Å². The van der Waals surface area contributed by atoms with Gasteiger partial charge in [-0.25, -0.2) is 13.4 Å². The van der Waals surface area contributed by atoms with Crippen molar-refractivity contribution in [1.29, 1.82) is 0 Å². The molecule has 0 atom stereocenters. The number of likely N-dealkylation sites (tertiary alicyclic amines) is 1. The number of benzene rings is 1. The van der Waals surface area contributed by atoms with Gasteiger partial charge >= 0.3 is 0 Å². The number of hydrogen-bond donors (Lipinski definition) is 3. The molecule has 35 heavy (non-hydrogen) atoms. The van der Waals surface area contributed by atoms with Crippen LogP contribution in [0.2, 0.25) is 10.0 Å². The van der Waals surface area contributed by atoms with Crippen LogP contribution in [-0.4, -0.2) is 64.1 Å². The molecule has 2 aliphatic heterocycles. The standard InChI is InChI=1S/C23H27Cl2N7O2S/c1-13-7-17(15-3-5-32(6-4-15)16-11-35(33,34)12-16)18(24)9-20(13)27-23-26-10-19(25)22(29-23)28-21-8-14(2)30-31-21/h7-10,15-16H,3-6,11-12H2,1-2H3,(H3,26,27,28,29,30,31). The van der Waals surface area contributed by atoms with E-state index in [0.717, 1.165) is 48.4 Å². The number of anilines is 4. The Morgan fingerprint density at radius 2 is 1.80 bits per heavy atom. The maximum absolute atomic E-state index is 11.5. The van der Waals surface area contributed by atoms with Crippen molar-refractivity contribution in [1.82, 2.24) is 25.1 Å². The van der Waals surface area contributed by atoms with Gasteiger partial charge in [0.25, 0.3) is 0 Å². The molecule has 186 valence electrons. The molecule has 0 aliphatic carbocycles. The van der Waals surface area contributed by atoms with E-state index in [9.17, 15) is 8.42 Å². The van der Waals surface area contributed by atoms with Gasteiger partial charge in [0.2, 0.25) is 5.95 Å². The van der Waals surface area contributed by atoms with E-state index in [-0.39, 0.29) is 6.04 Å². The van der Waals surface area contributed by atoms with Gasteiger partial charge in [-0.15, -0.1) is 0 Å². The van der Waals surface area contributed by atoms with Crippen molar-refractivity contribution in [3.8, 4) is 0 Å². The lowest BCUT2D eigenvalue weighted by Gasteiger charge is -2.41. The zero-order valence-corrected chi connectivity index (χ0v) is 21.8. The number of aryl methyl sites for hydroxylation is 2. The molecular formula is C23H27Cl2N7O2S. The summed E-state index contributed by atoms with van der Waals surface area (Å²) in [6.07, 6.45) is 3.46. The second-order valence-corrected chi connectivity index (χ2v) is 12.3. The van der Waals surface area contributed by atoms with Crippen molar-refractivity contribution in [2.45, 2.75) is 38.6 Å². The number of aromatic nitrogens is 4. The minimum absolute atomic E-state index is 0.181. The van der Waals surface area contributed by atoms with Gasteiger partial charge in [0.1, 0.15) is 5.02 Å². The number of nitrogens with zero attached hydrogens (tertiary/aromatic N) is 4. The predicted molar refractivity (Wildman–Crippen MR) is 139 cm³/mol. The van der Waals surface area contributed by atoms with E-state index in [0.29, 0.717) is 45.1 Å². The molecule has 0 bridgehead atoms. The zero-order valence-electron chi connectivity index (χ0n) is 19.5. The fourth-order valence-corrected chi connectivity index (χ4v) is 6.67. The first kappa shape index (κ1) is 24.3. The summed E-state index contributed by atoms with van der Waals surface area (Å²) in [4.78, 5) is 11.1. The van der Waals surface area contributed by atoms with Crippen LogP contribution in [-0.2, 0) is 9.84 Å². The Hall–Kier alpha value is -2.40. The van der Waals surface area contributed by atoms with E-state index >= 15 is 0 Å². The van der Waals surface area contributed by atoms with Crippen LogP contribution >= 0.6 is 23.2 Å². The first-order valence-corrected chi connectivity index (χ1v) is 14.1. The van der Waals surface area contributed by atoms with Crippen LogP contribution in [0.5, 0.6) is 0 Å². The fraction of sp³-hybridized carbons (Fsp3) is 0.435. The van der Waals surface area contributed by atoms with Crippen LogP contribution in [0.3, 0.4) is 0 Å². The molecule has 2 aromatic heterocycles. The molecule has 9 nitrogen and oxygen atoms in total. The van der Waals surface area contributed by atoms with Gasteiger partial charge in [0.05, 0.1) is 17.7 Å². The average Bonchev–Trinajstić information content (AvgIpc) is 3.21. The summed E-state index contributed by atoms with van der Waals surface area (Å²) in [6.45, 7) is 5.72. The molecule has 3 N–H and O–H groups in total. The third-order valence-corrected chi connectivity index (χ3v) is 9.05. The number of sulfone groups is 1. The van der Waals surface area contributed by atoms with Crippen LogP contribution in [0.4, 0.5) is 23.3 Å². The monoisotopic (exact) mass is 535 g/mol. The largest absolute Gasteiger partial charge is 0.324 e. The summed E-state index contributed by atoms with van der Waals surface area (Å²) in [5.74, 6) is 2.39. The number of rotatable bonds is 6. The van der Waals surface area contributed by atoms with Crippen LogP contribution in [0.25, 0.3) is 0 Å². The lowest BCUT2D eigenvalue weighted by molar-refractivity contribution is 0.166. The van der Waals surface area contributed by atoms with Gasteiger partial charge in [0, 0.05) is 28.5 Å². The SMILES string of the molecule is Cc1cc(Nc2nc(Nc3cc(Cl)c(C4CCN(C5CS(=O)(=O)C5)CC4)cc3C)ncc2Cl)n[nH]1. The molecule has 0 spiro atoms. The van der Waals surface area contributed by atoms with Gasteiger partial charge < -0.3 is 10.6 Å². The van der Waals surface area contributed by atoms with Crippen molar-refractivity contribution in [3.63, 3.8) is 0 Å². The summed E-state index contributed by atoms with van der Waals surface area (Å²) in [6, 6.07) is 6.08. The van der Waals surface area contributed by atoms with E-state index in [1.165, 1.54) is 6.20 Å². The van der Waals surface area contributed by atoms with E-state index < -0.39 is 9.84 Å². The molecule has 2 saturated heterocycles. The first-order valence-electron chi connectivity index (χ1n) is 11.5. The van der Waals surface area contributed by atoms with Crippen LogP contribution in [0.1, 0.15) is 35.6 Å². The van der Waals surface area contributed by atoms with E-state index in [1.54, 1.807) is 0 Å². The molecule has 0 radical (unpaired) electrons. The van der Waals surface area contributed by atoms with Crippen molar-refractivity contribution >= 4 is 56.3 Å². The average molecular weight is 536 g/mol. The van der Waals surface area contributed by atoms with Crippen molar-refractivity contribution in [2.75, 3.05) is 35.2 Å². The highest BCUT2D eigenvalue weighted by atomic mass is 35.5. The van der Waals surface area contributed by atoms with Crippen molar-refractivity contribution < 1.29 is 8.42 Å². The molecule has 12 heteroatoms.